The Balaban J connectivity index is 2.48. The van der Waals surface area contributed by atoms with E-state index in [9.17, 15) is 9.18 Å². The first-order valence-electron chi connectivity index (χ1n) is 6.30. The van der Waals surface area contributed by atoms with Gasteiger partial charge in [-0.15, -0.1) is 0 Å². The van der Waals surface area contributed by atoms with E-state index in [1.807, 2.05) is 24.5 Å². The van der Waals surface area contributed by atoms with Gasteiger partial charge in [-0.25, -0.2) is 4.39 Å². The van der Waals surface area contributed by atoms with Crippen LogP contribution in [0.5, 0.6) is 0 Å². The Hall–Kier alpha value is -1.94. The van der Waals surface area contributed by atoms with Gasteiger partial charge in [-0.3, -0.25) is 4.79 Å². The van der Waals surface area contributed by atoms with Gasteiger partial charge in [0.05, 0.1) is 0 Å². The number of rotatable bonds is 4. The van der Waals surface area contributed by atoms with E-state index >= 15 is 0 Å². The molecule has 0 atom stereocenters. The topological polar surface area (TPSA) is 34.0 Å². The third-order valence-corrected chi connectivity index (χ3v) is 2.97. The molecular weight excluding hydrogens is 243 g/mol. The van der Waals surface area contributed by atoms with Crippen molar-refractivity contribution in [3.8, 4) is 5.69 Å². The normalized spacial score (nSPS) is 10.7. The average Bonchev–Trinajstić information content (AvgIpc) is 2.38. The molecule has 2 aromatic rings. The van der Waals surface area contributed by atoms with Crippen LogP contribution in [-0.4, -0.2) is 11.1 Å². The summed E-state index contributed by atoms with van der Waals surface area (Å²) in [5, 5.41) is 3.13. The first-order valence-corrected chi connectivity index (χ1v) is 6.30. The van der Waals surface area contributed by atoms with E-state index in [0.29, 0.717) is 12.1 Å². The summed E-state index contributed by atoms with van der Waals surface area (Å²) in [4.78, 5) is 11.9. The van der Waals surface area contributed by atoms with Crippen LogP contribution in [0.25, 0.3) is 5.69 Å². The second kappa shape index (κ2) is 5.80. The van der Waals surface area contributed by atoms with Crippen LogP contribution in [0, 0.1) is 12.7 Å². The maximum atomic E-state index is 13.3. The van der Waals surface area contributed by atoms with Gasteiger partial charge >= 0.3 is 0 Å². The molecule has 1 aromatic heterocycles. The Kier molecular flexibility index (Phi) is 4.12. The molecule has 0 spiro atoms. The van der Waals surface area contributed by atoms with Crippen molar-refractivity contribution in [3.63, 3.8) is 0 Å². The largest absolute Gasteiger partial charge is 0.320 e. The fourth-order valence-corrected chi connectivity index (χ4v) is 1.97. The van der Waals surface area contributed by atoms with Crippen molar-refractivity contribution in [2.24, 2.45) is 0 Å². The Bertz CT molecular complexity index is 634. The van der Waals surface area contributed by atoms with Gasteiger partial charge in [0.1, 0.15) is 5.82 Å². The highest BCUT2D eigenvalue weighted by Gasteiger charge is 2.06. The van der Waals surface area contributed by atoms with E-state index in [1.165, 1.54) is 12.1 Å². The van der Waals surface area contributed by atoms with E-state index in [4.69, 9.17) is 0 Å². The van der Waals surface area contributed by atoms with Gasteiger partial charge in [0.2, 0.25) is 0 Å². The molecule has 1 N–H and O–H groups in total. The first-order chi connectivity index (χ1) is 9.11. The van der Waals surface area contributed by atoms with Crippen LogP contribution < -0.4 is 10.7 Å². The zero-order valence-electron chi connectivity index (χ0n) is 11.1. The Labute approximate surface area is 111 Å². The van der Waals surface area contributed by atoms with E-state index in [-0.39, 0.29) is 11.2 Å². The first kappa shape index (κ1) is 13.5. The molecule has 0 amide bonds. The van der Waals surface area contributed by atoms with E-state index in [1.54, 1.807) is 18.3 Å². The van der Waals surface area contributed by atoms with E-state index < -0.39 is 0 Å². The molecule has 1 aromatic carbocycles. The third-order valence-electron chi connectivity index (χ3n) is 2.97. The third kappa shape index (κ3) is 3.09. The van der Waals surface area contributed by atoms with E-state index in [0.717, 1.165) is 17.9 Å². The fraction of sp³-hybridized carbons (Fsp3) is 0.267. The summed E-state index contributed by atoms with van der Waals surface area (Å²) in [5.41, 5.74) is 2.19. The number of benzene rings is 1. The zero-order valence-corrected chi connectivity index (χ0v) is 11.1. The summed E-state index contributed by atoms with van der Waals surface area (Å²) in [6.45, 7) is 5.14. The van der Waals surface area contributed by atoms with Crippen LogP contribution in [-0.2, 0) is 6.54 Å². The molecule has 0 saturated carbocycles. The van der Waals surface area contributed by atoms with Crippen molar-refractivity contribution in [3.05, 3.63) is 63.8 Å². The number of hydrogen-bond acceptors (Lipinski definition) is 2. The number of halogens is 1. The van der Waals surface area contributed by atoms with Gasteiger partial charge in [-0.1, -0.05) is 13.0 Å². The number of nitrogens with one attached hydrogen (secondary N) is 1. The zero-order chi connectivity index (χ0) is 13.8. The van der Waals surface area contributed by atoms with Crippen LogP contribution in [0.3, 0.4) is 0 Å². The van der Waals surface area contributed by atoms with Crippen molar-refractivity contribution in [2.75, 3.05) is 6.54 Å². The second-order valence-corrected chi connectivity index (χ2v) is 4.43. The molecule has 1 heterocycles. The van der Waals surface area contributed by atoms with Gasteiger partial charge < -0.3 is 9.88 Å². The molecule has 0 fully saturated rings. The second-order valence-electron chi connectivity index (χ2n) is 4.43. The molecule has 0 unspecified atom stereocenters. The lowest BCUT2D eigenvalue weighted by Gasteiger charge is -2.13. The summed E-state index contributed by atoms with van der Waals surface area (Å²) in [6.07, 6.45) is 1.77. The van der Waals surface area contributed by atoms with Crippen LogP contribution in [0.15, 0.2) is 41.3 Å². The molecule has 0 bridgehead atoms. The Morgan fingerprint density at radius 1 is 1.32 bits per heavy atom. The van der Waals surface area contributed by atoms with Gasteiger partial charge in [0.15, 0.2) is 5.43 Å². The molecule has 100 valence electrons. The minimum atomic E-state index is -0.288. The summed E-state index contributed by atoms with van der Waals surface area (Å²) in [6, 6.07) is 7.91. The van der Waals surface area contributed by atoms with Crippen molar-refractivity contribution < 1.29 is 4.39 Å². The lowest BCUT2D eigenvalue weighted by atomic mass is 10.2. The Morgan fingerprint density at radius 3 is 2.79 bits per heavy atom. The summed E-state index contributed by atoms with van der Waals surface area (Å²) in [7, 11) is 0. The number of nitrogens with zero attached hydrogens (tertiary/aromatic N) is 1. The molecule has 4 heteroatoms. The van der Waals surface area contributed by atoms with Crippen molar-refractivity contribution in [2.45, 2.75) is 20.4 Å². The number of aromatic nitrogens is 1. The monoisotopic (exact) mass is 260 g/mol. The average molecular weight is 260 g/mol. The highest BCUT2D eigenvalue weighted by molar-refractivity contribution is 5.35. The van der Waals surface area contributed by atoms with Gasteiger partial charge in [-0.2, -0.15) is 0 Å². The minimum Gasteiger partial charge on any atom is -0.320 e. The quantitative estimate of drug-likeness (QED) is 0.916. The molecule has 19 heavy (non-hydrogen) atoms. The van der Waals surface area contributed by atoms with Crippen molar-refractivity contribution in [1.29, 1.82) is 0 Å². The van der Waals surface area contributed by atoms with Crippen LogP contribution >= 0.6 is 0 Å². The molecule has 0 aliphatic rings. The number of aryl methyl sites for hydroxylation is 1. The van der Waals surface area contributed by atoms with Crippen LogP contribution in [0.4, 0.5) is 4.39 Å². The summed E-state index contributed by atoms with van der Waals surface area (Å²) < 4.78 is 15.1. The standard InChI is InChI=1S/C15H17FN2O/c1-3-17-9-12-10-18(11(2)7-15(12)19)14-6-4-5-13(16)8-14/h4-8,10,17H,3,9H2,1-2H3. The molecule has 3 nitrogen and oxygen atoms in total. The maximum absolute atomic E-state index is 13.3. The van der Waals surface area contributed by atoms with Gasteiger partial charge in [-0.05, 0) is 31.7 Å². The molecule has 0 saturated heterocycles. The summed E-state index contributed by atoms with van der Waals surface area (Å²) >= 11 is 0. The molecule has 0 aliphatic heterocycles. The lowest BCUT2D eigenvalue weighted by Crippen LogP contribution is -2.21. The van der Waals surface area contributed by atoms with Gasteiger partial charge in [0.25, 0.3) is 0 Å². The molecule has 0 radical (unpaired) electrons. The number of hydrogen-bond donors (Lipinski definition) is 1. The summed E-state index contributed by atoms with van der Waals surface area (Å²) in [5.74, 6) is -0.288. The minimum absolute atomic E-state index is 0.00565. The highest BCUT2D eigenvalue weighted by Crippen LogP contribution is 2.12. The van der Waals surface area contributed by atoms with Crippen molar-refractivity contribution >= 4 is 0 Å². The van der Waals surface area contributed by atoms with Gasteiger partial charge in [0, 0.05) is 35.8 Å². The SMILES string of the molecule is CCNCc1cn(-c2cccc(F)c2)c(C)cc1=O. The molecule has 2 rings (SSSR count). The smallest absolute Gasteiger partial charge is 0.186 e. The van der Waals surface area contributed by atoms with E-state index in [2.05, 4.69) is 5.32 Å². The maximum Gasteiger partial charge on any atom is 0.186 e. The Morgan fingerprint density at radius 2 is 2.11 bits per heavy atom. The number of pyridine rings is 1. The van der Waals surface area contributed by atoms with Crippen molar-refractivity contribution in [1.82, 2.24) is 9.88 Å². The predicted molar refractivity (Wildman–Crippen MR) is 74.1 cm³/mol. The lowest BCUT2D eigenvalue weighted by molar-refractivity contribution is 0.626. The molecule has 0 aliphatic carbocycles. The fourth-order valence-electron chi connectivity index (χ4n) is 1.97. The predicted octanol–water partition coefficient (Wildman–Crippen LogP) is 2.39. The highest BCUT2D eigenvalue weighted by atomic mass is 19.1. The van der Waals surface area contributed by atoms with Crippen LogP contribution in [0.1, 0.15) is 18.2 Å². The van der Waals surface area contributed by atoms with Crippen LogP contribution in [0.2, 0.25) is 0 Å². The molecular formula is C15H17FN2O.